The average molecular weight is 284 g/mol. The number of carbonyl (C=O) groups is 2. The Morgan fingerprint density at radius 2 is 2.16 bits per heavy atom. The lowest BCUT2D eigenvalue weighted by atomic mass is 9.93. The van der Waals surface area contributed by atoms with E-state index in [1.807, 2.05) is 23.6 Å². The molecule has 1 aliphatic carbocycles. The Labute approximate surface area is 119 Å². The predicted octanol–water partition coefficient (Wildman–Crippen LogP) is 1.79. The van der Waals surface area contributed by atoms with Gasteiger partial charge in [-0.3, -0.25) is 9.59 Å². The first-order valence-corrected chi connectivity index (χ1v) is 8.57. The van der Waals surface area contributed by atoms with Crippen LogP contribution in [0.5, 0.6) is 0 Å². The highest BCUT2D eigenvalue weighted by molar-refractivity contribution is 7.99. The molecular formula is C14H24N2O2S. The maximum atomic E-state index is 12.5. The van der Waals surface area contributed by atoms with E-state index in [1.54, 1.807) is 0 Å². The molecule has 19 heavy (non-hydrogen) atoms. The van der Waals surface area contributed by atoms with Crippen LogP contribution in [0.25, 0.3) is 0 Å². The molecule has 1 aliphatic heterocycles. The summed E-state index contributed by atoms with van der Waals surface area (Å²) >= 11 is 1.91. The van der Waals surface area contributed by atoms with Gasteiger partial charge in [0.2, 0.25) is 11.8 Å². The third-order valence-corrected chi connectivity index (χ3v) is 5.37. The topological polar surface area (TPSA) is 49.4 Å². The summed E-state index contributed by atoms with van der Waals surface area (Å²) in [5, 5.41) is 3.50. The largest absolute Gasteiger partial charge is 0.344 e. The number of carbonyl (C=O) groups excluding carboxylic acids is 2. The normalized spacial score (nSPS) is 32.9. The summed E-state index contributed by atoms with van der Waals surface area (Å²) < 4.78 is 0. The van der Waals surface area contributed by atoms with E-state index in [0.29, 0.717) is 30.7 Å². The van der Waals surface area contributed by atoms with E-state index in [1.165, 1.54) is 12.8 Å². The minimum atomic E-state index is -0.315. The molecule has 2 rings (SSSR count). The summed E-state index contributed by atoms with van der Waals surface area (Å²) in [5.41, 5.74) is 0. The molecule has 0 spiro atoms. The molecule has 1 saturated carbocycles. The molecule has 108 valence electrons. The van der Waals surface area contributed by atoms with E-state index in [-0.39, 0.29) is 17.9 Å². The molecule has 3 unspecified atom stereocenters. The second-order valence-corrected chi connectivity index (χ2v) is 6.63. The van der Waals surface area contributed by atoms with Gasteiger partial charge in [-0.1, -0.05) is 13.3 Å². The van der Waals surface area contributed by atoms with Crippen LogP contribution in [-0.2, 0) is 9.59 Å². The minimum Gasteiger partial charge on any atom is -0.344 e. The van der Waals surface area contributed by atoms with Crippen molar-refractivity contribution in [3.05, 3.63) is 0 Å². The highest BCUT2D eigenvalue weighted by Crippen LogP contribution is 2.30. The summed E-state index contributed by atoms with van der Waals surface area (Å²) in [4.78, 5) is 26.2. The molecule has 1 heterocycles. The fourth-order valence-electron chi connectivity index (χ4n) is 3.12. The third kappa shape index (κ3) is 3.44. The van der Waals surface area contributed by atoms with E-state index in [0.717, 1.165) is 12.8 Å². The molecule has 4 nitrogen and oxygen atoms in total. The van der Waals surface area contributed by atoms with E-state index in [9.17, 15) is 9.59 Å². The van der Waals surface area contributed by atoms with Crippen LogP contribution in [0.4, 0.5) is 0 Å². The lowest BCUT2D eigenvalue weighted by molar-refractivity contribution is -0.136. The van der Waals surface area contributed by atoms with Crippen molar-refractivity contribution in [2.24, 2.45) is 0 Å². The van der Waals surface area contributed by atoms with Crippen molar-refractivity contribution < 1.29 is 9.59 Å². The van der Waals surface area contributed by atoms with Crippen molar-refractivity contribution in [2.45, 2.75) is 62.8 Å². The van der Waals surface area contributed by atoms with Gasteiger partial charge in [0.05, 0.1) is 0 Å². The number of hydrogen-bond donors (Lipinski definition) is 1. The zero-order valence-electron chi connectivity index (χ0n) is 11.9. The van der Waals surface area contributed by atoms with E-state index in [4.69, 9.17) is 0 Å². The van der Waals surface area contributed by atoms with Crippen LogP contribution in [-0.4, -0.2) is 46.8 Å². The number of hydrogen-bond acceptors (Lipinski definition) is 3. The van der Waals surface area contributed by atoms with E-state index < -0.39 is 0 Å². The summed E-state index contributed by atoms with van der Waals surface area (Å²) in [7, 11) is 0. The lowest BCUT2D eigenvalue weighted by Crippen LogP contribution is -2.49. The number of rotatable bonds is 3. The molecule has 0 bridgehead atoms. The number of amides is 2. The molecule has 0 aromatic carbocycles. The Balaban J connectivity index is 2.08. The Kier molecular flexibility index (Phi) is 5.13. The molecule has 2 fully saturated rings. The van der Waals surface area contributed by atoms with Crippen LogP contribution in [0.2, 0.25) is 0 Å². The first-order chi connectivity index (χ1) is 9.15. The highest BCUT2D eigenvalue weighted by Gasteiger charge is 2.35. The SMILES string of the molecule is CCC1NC(=O)CCN(C2CCCC(SC)C2)C1=O. The van der Waals surface area contributed by atoms with Gasteiger partial charge >= 0.3 is 0 Å². The van der Waals surface area contributed by atoms with Crippen LogP contribution in [0.15, 0.2) is 0 Å². The van der Waals surface area contributed by atoms with Gasteiger partial charge in [-0.05, 0) is 31.9 Å². The van der Waals surface area contributed by atoms with Crippen molar-refractivity contribution in [3.8, 4) is 0 Å². The fourth-order valence-corrected chi connectivity index (χ4v) is 3.93. The Bertz CT molecular complexity index is 348. The summed E-state index contributed by atoms with van der Waals surface area (Å²) in [6.07, 6.45) is 7.90. The molecule has 5 heteroatoms. The minimum absolute atomic E-state index is 0.0138. The quantitative estimate of drug-likeness (QED) is 0.859. The zero-order valence-corrected chi connectivity index (χ0v) is 12.7. The van der Waals surface area contributed by atoms with Crippen LogP contribution >= 0.6 is 11.8 Å². The summed E-state index contributed by atoms with van der Waals surface area (Å²) in [6.45, 7) is 2.55. The Morgan fingerprint density at radius 3 is 2.84 bits per heavy atom. The second-order valence-electron chi connectivity index (χ2n) is 5.49. The molecule has 2 amide bonds. The second kappa shape index (κ2) is 6.64. The van der Waals surface area contributed by atoms with Gasteiger partial charge in [0.1, 0.15) is 6.04 Å². The molecular weight excluding hydrogens is 260 g/mol. The van der Waals surface area contributed by atoms with Crippen LogP contribution in [0.3, 0.4) is 0 Å². The van der Waals surface area contributed by atoms with Crippen molar-refractivity contribution in [3.63, 3.8) is 0 Å². The monoisotopic (exact) mass is 284 g/mol. The van der Waals surface area contributed by atoms with Crippen molar-refractivity contribution in [1.29, 1.82) is 0 Å². The molecule has 1 saturated heterocycles. The first kappa shape index (κ1) is 14.7. The Hall–Kier alpha value is -0.710. The number of thioether (sulfide) groups is 1. The first-order valence-electron chi connectivity index (χ1n) is 7.28. The maximum Gasteiger partial charge on any atom is 0.245 e. The van der Waals surface area contributed by atoms with Gasteiger partial charge in [-0.25, -0.2) is 0 Å². The van der Waals surface area contributed by atoms with E-state index in [2.05, 4.69) is 11.6 Å². The molecule has 2 aliphatic rings. The number of nitrogens with one attached hydrogen (secondary N) is 1. The van der Waals surface area contributed by atoms with E-state index >= 15 is 0 Å². The lowest BCUT2D eigenvalue weighted by Gasteiger charge is -2.37. The Morgan fingerprint density at radius 1 is 1.37 bits per heavy atom. The van der Waals surface area contributed by atoms with Gasteiger partial charge in [-0.15, -0.1) is 0 Å². The zero-order chi connectivity index (χ0) is 13.8. The molecule has 0 radical (unpaired) electrons. The predicted molar refractivity (Wildman–Crippen MR) is 78.1 cm³/mol. The standard InChI is InChI=1S/C14H24N2O2S/c1-3-12-14(18)16(8-7-13(17)15-12)10-5-4-6-11(9-10)19-2/h10-12H,3-9H2,1-2H3,(H,15,17). The van der Waals surface area contributed by atoms with Gasteiger partial charge in [0.15, 0.2) is 0 Å². The van der Waals surface area contributed by atoms with Crippen molar-refractivity contribution >= 4 is 23.6 Å². The molecule has 3 atom stereocenters. The van der Waals surface area contributed by atoms with Crippen LogP contribution < -0.4 is 5.32 Å². The fraction of sp³-hybridized carbons (Fsp3) is 0.857. The van der Waals surface area contributed by atoms with Gasteiger partial charge in [-0.2, -0.15) is 11.8 Å². The summed E-state index contributed by atoms with van der Waals surface area (Å²) in [5.74, 6) is 0.139. The highest BCUT2D eigenvalue weighted by atomic mass is 32.2. The molecule has 1 N–H and O–H groups in total. The van der Waals surface area contributed by atoms with Crippen molar-refractivity contribution in [1.82, 2.24) is 10.2 Å². The molecule has 0 aromatic rings. The van der Waals surface area contributed by atoms with Crippen LogP contribution in [0.1, 0.15) is 45.4 Å². The molecule has 0 aromatic heterocycles. The maximum absolute atomic E-state index is 12.5. The van der Waals surface area contributed by atoms with Gasteiger partial charge in [0, 0.05) is 24.3 Å². The average Bonchev–Trinajstić information content (AvgIpc) is 2.58. The van der Waals surface area contributed by atoms with Gasteiger partial charge < -0.3 is 10.2 Å². The van der Waals surface area contributed by atoms with Gasteiger partial charge in [0.25, 0.3) is 0 Å². The third-order valence-electron chi connectivity index (χ3n) is 4.28. The summed E-state index contributed by atoms with van der Waals surface area (Å²) in [6, 6.07) is 0.0186. The van der Waals surface area contributed by atoms with Crippen molar-refractivity contribution in [2.75, 3.05) is 12.8 Å². The van der Waals surface area contributed by atoms with Crippen LogP contribution in [0, 0.1) is 0 Å². The number of nitrogens with zero attached hydrogens (tertiary/aromatic N) is 1. The smallest absolute Gasteiger partial charge is 0.245 e.